The molecule has 5 amide bonds. The van der Waals surface area contributed by atoms with E-state index in [4.69, 9.17) is 11.5 Å². The Labute approximate surface area is 269 Å². The molecule has 3 rings (SSSR count). The van der Waals surface area contributed by atoms with Gasteiger partial charge in [0.05, 0.1) is 12.6 Å². The smallest absolute Gasteiger partial charge is 0.326 e. The lowest BCUT2D eigenvalue weighted by Gasteiger charge is -2.33. The average molecular weight is 653 g/mol. The van der Waals surface area contributed by atoms with Gasteiger partial charge in [-0.15, -0.1) is 0 Å². The molecular weight excluding hydrogens is 600 g/mol. The summed E-state index contributed by atoms with van der Waals surface area (Å²) in [6.07, 6.45) is 6.30. The largest absolute Gasteiger partial charge is 0.480 e. The minimum atomic E-state index is -1.42. The molecule has 260 valence electrons. The standard InChI is InChI=1S/C30H52N8O8/c31-13-3-1-8-20(34-25(40)19-10-5-15-33-19)28(43)38-17-7-12-24(38)29(44)37-16-6-11-23(37)27(42)36-22(18-39)26(41)35-21(30(45)46)9-2-4-14-32/h19-24,33,39H,1-18,31-32H2,(H,34,40)(H,35,41)(H,36,42)(H,45,46)/t19-,20-,21-,22-,23-,24-/m0/s1. The van der Waals surface area contributed by atoms with E-state index in [1.807, 2.05) is 0 Å². The summed E-state index contributed by atoms with van der Waals surface area (Å²) in [5.41, 5.74) is 11.1. The molecule has 16 nitrogen and oxygen atoms in total. The number of carbonyl (C=O) groups is 6. The zero-order valence-electron chi connectivity index (χ0n) is 26.6. The highest BCUT2D eigenvalue weighted by Gasteiger charge is 2.44. The first-order chi connectivity index (χ1) is 22.1. The van der Waals surface area contributed by atoms with Crippen LogP contribution in [0.25, 0.3) is 0 Å². The second-order valence-corrected chi connectivity index (χ2v) is 12.3. The number of rotatable bonds is 18. The molecule has 0 radical (unpaired) electrons. The van der Waals surface area contributed by atoms with Gasteiger partial charge in [0, 0.05) is 13.1 Å². The summed E-state index contributed by atoms with van der Waals surface area (Å²) >= 11 is 0. The molecule has 10 N–H and O–H groups in total. The molecule has 3 aliphatic rings. The lowest BCUT2D eigenvalue weighted by atomic mass is 10.1. The fourth-order valence-corrected chi connectivity index (χ4v) is 6.40. The van der Waals surface area contributed by atoms with Crippen LogP contribution >= 0.6 is 0 Å². The van der Waals surface area contributed by atoms with Gasteiger partial charge in [-0.3, -0.25) is 24.0 Å². The van der Waals surface area contributed by atoms with Crippen LogP contribution in [0.2, 0.25) is 0 Å². The first kappa shape index (κ1) is 37.1. The number of aliphatic hydroxyl groups is 1. The second-order valence-electron chi connectivity index (χ2n) is 12.3. The molecule has 6 atom stereocenters. The van der Waals surface area contributed by atoms with Crippen LogP contribution in [0.3, 0.4) is 0 Å². The van der Waals surface area contributed by atoms with Crippen molar-refractivity contribution in [2.75, 3.05) is 39.3 Å². The Bertz CT molecular complexity index is 1070. The molecule has 0 aromatic carbocycles. The Balaban J connectivity index is 1.65. The highest BCUT2D eigenvalue weighted by molar-refractivity contribution is 5.97. The van der Waals surface area contributed by atoms with E-state index in [1.54, 1.807) is 0 Å². The van der Waals surface area contributed by atoms with Crippen LogP contribution in [0.1, 0.15) is 77.0 Å². The van der Waals surface area contributed by atoms with Gasteiger partial charge in [0.25, 0.3) is 0 Å². The third-order valence-corrected chi connectivity index (χ3v) is 8.97. The Morgan fingerprint density at radius 2 is 1.35 bits per heavy atom. The van der Waals surface area contributed by atoms with E-state index < -0.39 is 54.6 Å². The van der Waals surface area contributed by atoms with Crippen molar-refractivity contribution in [1.29, 1.82) is 0 Å². The molecule has 3 fully saturated rings. The maximum Gasteiger partial charge on any atom is 0.326 e. The van der Waals surface area contributed by atoms with Gasteiger partial charge in [-0.05, 0) is 96.7 Å². The van der Waals surface area contributed by atoms with Crippen molar-refractivity contribution in [2.24, 2.45) is 11.5 Å². The van der Waals surface area contributed by atoms with Crippen LogP contribution in [0.15, 0.2) is 0 Å². The van der Waals surface area contributed by atoms with Gasteiger partial charge < -0.3 is 52.7 Å². The number of carbonyl (C=O) groups excluding carboxylic acids is 5. The molecule has 0 spiro atoms. The quantitative estimate of drug-likeness (QED) is 0.0719. The van der Waals surface area contributed by atoms with Crippen molar-refractivity contribution in [2.45, 2.75) is 113 Å². The molecule has 3 heterocycles. The van der Waals surface area contributed by atoms with Gasteiger partial charge in [0.15, 0.2) is 0 Å². The van der Waals surface area contributed by atoms with E-state index in [0.717, 1.165) is 13.0 Å². The number of aliphatic hydroxyl groups excluding tert-OH is 1. The molecule has 0 unspecified atom stereocenters. The summed E-state index contributed by atoms with van der Waals surface area (Å²) < 4.78 is 0. The first-order valence-corrected chi connectivity index (χ1v) is 16.6. The number of unbranched alkanes of at least 4 members (excludes halogenated alkanes) is 2. The lowest BCUT2D eigenvalue weighted by Crippen LogP contribution is -2.59. The van der Waals surface area contributed by atoms with E-state index in [0.29, 0.717) is 83.8 Å². The Morgan fingerprint density at radius 1 is 0.739 bits per heavy atom. The second kappa shape index (κ2) is 18.7. The third-order valence-electron chi connectivity index (χ3n) is 8.97. The Morgan fingerprint density at radius 3 is 1.93 bits per heavy atom. The number of nitrogens with two attached hydrogens (primary N) is 2. The number of hydrogen-bond donors (Lipinski definition) is 8. The predicted octanol–water partition coefficient (Wildman–Crippen LogP) is -2.49. The number of aliphatic carboxylic acids is 1. The van der Waals surface area contributed by atoms with Crippen LogP contribution in [-0.2, 0) is 28.8 Å². The van der Waals surface area contributed by atoms with Crippen LogP contribution < -0.4 is 32.7 Å². The van der Waals surface area contributed by atoms with Crippen LogP contribution in [0.5, 0.6) is 0 Å². The molecule has 16 heteroatoms. The van der Waals surface area contributed by atoms with Gasteiger partial charge in [0.2, 0.25) is 29.5 Å². The molecule has 3 saturated heterocycles. The molecule has 46 heavy (non-hydrogen) atoms. The summed E-state index contributed by atoms with van der Waals surface area (Å²) in [6.45, 7) is 1.41. The van der Waals surface area contributed by atoms with Gasteiger partial charge in [0.1, 0.15) is 30.2 Å². The number of amides is 5. The zero-order chi connectivity index (χ0) is 33.6. The van der Waals surface area contributed by atoms with Crippen LogP contribution in [0.4, 0.5) is 0 Å². The first-order valence-electron chi connectivity index (χ1n) is 16.6. The molecular formula is C30H52N8O8. The minimum absolute atomic E-state index is 0.140. The van der Waals surface area contributed by atoms with E-state index in [9.17, 15) is 39.0 Å². The van der Waals surface area contributed by atoms with Crippen molar-refractivity contribution in [1.82, 2.24) is 31.1 Å². The highest BCUT2D eigenvalue weighted by Crippen LogP contribution is 2.26. The van der Waals surface area contributed by atoms with E-state index >= 15 is 0 Å². The van der Waals surface area contributed by atoms with E-state index in [1.165, 1.54) is 9.80 Å². The maximum absolute atomic E-state index is 13.9. The van der Waals surface area contributed by atoms with Gasteiger partial charge in [-0.1, -0.05) is 0 Å². The number of nitrogens with one attached hydrogen (secondary N) is 4. The van der Waals surface area contributed by atoms with Gasteiger partial charge >= 0.3 is 5.97 Å². The lowest BCUT2D eigenvalue weighted by molar-refractivity contribution is -0.148. The number of carboxylic acid groups (broad SMARTS) is 1. The minimum Gasteiger partial charge on any atom is -0.480 e. The molecule has 3 aliphatic heterocycles. The van der Waals surface area contributed by atoms with Crippen molar-refractivity contribution < 1.29 is 39.0 Å². The topological polar surface area (TPSA) is 250 Å². The van der Waals surface area contributed by atoms with Gasteiger partial charge in [-0.2, -0.15) is 0 Å². The normalized spacial score (nSPS) is 23.1. The molecule has 0 aromatic rings. The zero-order valence-corrected chi connectivity index (χ0v) is 26.6. The summed E-state index contributed by atoms with van der Waals surface area (Å²) in [7, 11) is 0. The van der Waals surface area contributed by atoms with Crippen molar-refractivity contribution in [3.05, 3.63) is 0 Å². The summed E-state index contributed by atoms with van der Waals surface area (Å²) in [5.74, 6) is -3.71. The monoisotopic (exact) mass is 652 g/mol. The summed E-state index contributed by atoms with van der Waals surface area (Å²) in [5, 5.41) is 30.2. The average Bonchev–Trinajstić information content (AvgIpc) is 3.84. The fourth-order valence-electron chi connectivity index (χ4n) is 6.40. The van der Waals surface area contributed by atoms with Crippen molar-refractivity contribution >= 4 is 35.5 Å². The number of hydrogen-bond acceptors (Lipinski definition) is 10. The maximum atomic E-state index is 13.9. The number of carboxylic acids is 1. The van der Waals surface area contributed by atoms with Crippen LogP contribution in [-0.4, -0.2) is 131 Å². The molecule has 0 bridgehead atoms. The third kappa shape index (κ3) is 10.1. The molecule has 0 saturated carbocycles. The molecule has 0 aliphatic carbocycles. The number of nitrogens with zero attached hydrogens (tertiary/aromatic N) is 2. The summed E-state index contributed by atoms with van der Waals surface area (Å²) in [4.78, 5) is 81.2. The summed E-state index contributed by atoms with van der Waals surface area (Å²) in [6, 6.07) is -5.53. The van der Waals surface area contributed by atoms with Crippen molar-refractivity contribution in [3.63, 3.8) is 0 Å². The highest BCUT2D eigenvalue weighted by atomic mass is 16.4. The van der Waals surface area contributed by atoms with E-state index in [-0.39, 0.29) is 36.7 Å². The number of likely N-dealkylation sites (tertiary alicyclic amines) is 2. The van der Waals surface area contributed by atoms with Crippen LogP contribution in [0, 0.1) is 0 Å². The van der Waals surface area contributed by atoms with E-state index in [2.05, 4.69) is 21.3 Å². The predicted molar refractivity (Wildman–Crippen MR) is 167 cm³/mol. The fraction of sp³-hybridized carbons (Fsp3) is 0.800. The van der Waals surface area contributed by atoms with Gasteiger partial charge in [-0.25, -0.2) is 4.79 Å². The Kier molecular flexibility index (Phi) is 15.1. The molecule has 0 aromatic heterocycles. The Hall–Kier alpha value is -3.34. The SMILES string of the molecule is NCCCC[C@H](NC(=O)[C@H](CO)NC(=O)[C@@H]1CCCN1C(=O)[C@@H]1CCCN1C(=O)[C@H](CCCCN)NC(=O)[C@@H]1CCCN1)C(=O)O. The van der Waals surface area contributed by atoms with Crippen molar-refractivity contribution in [3.8, 4) is 0 Å².